The molecule has 1 rings (SSSR count). The first-order valence-corrected chi connectivity index (χ1v) is 5.20. The van der Waals surface area contributed by atoms with Crippen LogP contribution in [0.4, 0.5) is 0 Å². The summed E-state index contributed by atoms with van der Waals surface area (Å²) in [5.41, 5.74) is -1.08. The van der Waals surface area contributed by atoms with Crippen molar-refractivity contribution in [2.45, 2.75) is 39.0 Å². The second kappa shape index (κ2) is 4.51. The molecule has 0 atom stereocenters. The first kappa shape index (κ1) is 11.8. The normalized spacial score (nSPS) is 20.1. The van der Waals surface area contributed by atoms with E-state index in [2.05, 4.69) is 6.58 Å². The van der Waals surface area contributed by atoms with Crippen LogP contribution in [0.1, 0.15) is 39.0 Å². The van der Waals surface area contributed by atoms with Crippen LogP contribution in [0.3, 0.4) is 0 Å². The van der Waals surface area contributed by atoms with E-state index in [-0.39, 0.29) is 23.8 Å². The Morgan fingerprint density at radius 3 is 2.33 bits per heavy atom. The Hall–Kier alpha value is -1.25. The van der Waals surface area contributed by atoms with Crippen molar-refractivity contribution in [2.75, 3.05) is 0 Å². The van der Waals surface area contributed by atoms with Crippen LogP contribution in [-0.4, -0.2) is 17.3 Å². The zero-order valence-corrected chi connectivity index (χ0v) is 9.04. The molecule has 0 unspecified atom stereocenters. The van der Waals surface area contributed by atoms with E-state index in [1.165, 1.54) is 6.92 Å². The summed E-state index contributed by atoms with van der Waals surface area (Å²) in [4.78, 5) is 34.8. The second-order valence-electron chi connectivity index (χ2n) is 4.15. The van der Waals surface area contributed by atoms with Crippen LogP contribution in [0, 0.1) is 5.41 Å². The lowest BCUT2D eigenvalue weighted by Gasteiger charge is -2.32. The molecule has 15 heavy (non-hydrogen) atoms. The zero-order valence-electron chi connectivity index (χ0n) is 9.04. The van der Waals surface area contributed by atoms with Gasteiger partial charge < -0.3 is 0 Å². The van der Waals surface area contributed by atoms with Crippen LogP contribution in [0.5, 0.6) is 0 Å². The highest BCUT2D eigenvalue weighted by Crippen LogP contribution is 2.37. The van der Waals surface area contributed by atoms with Crippen molar-refractivity contribution < 1.29 is 14.4 Å². The highest BCUT2D eigenvalue weighted by Gasteiger charge is 2.46. The van der Waals surface area contributed by atoms with Gasteiger partial charge in [-0.1, -0.05) is 6.08 Å². The van der Waals surface area contributed by atoms with E-state index in [0.29, 0.717) is 25.7 Å². The van der Waals surface area contributed by atoms with Gasteiger partial charge in [0.25, 0.3) is 0 Å². The first-order chi connectivity index (χ1) is 7.03. The topological polar surface area (TPSA) is 51.2 Å². The fourth-order valence-electron chi connectivity index (χ4n) is 2.21. The van der Waals surface area contributed by atoms with Gasteiger partial charge in [0.05, 0.1) is 5.41 Å². The molecule has 0 spiro atoms. The molecule has 0 amide bonds. The van der Waals surface area contributed by atoms with Crippen molar-refractivity contribution in [2.24, 2.45) is 5.41 Å². The average Bonchev–Trinajstić information content (AvgIpc) is 2.13. The number of hydrogen-bond donors (Lipinski definition) is 0. The number of allylic oxidation sites excluding steroid dienone is 1. The molecule has 1 saturated carbocycles. The fourth-order valence-corrected chi connectivity index (χ4v) is 2.21. The molecular formula is C12H16O3. The van der Waals surface area contributed by atoms with E-state index in [4.69, 9.17) is 0 Å². The molecule has 3 nitrogen and oxygen atoms in total. The molecule has 0 radical (unpaired) electrons. The second-order valence-corrected chi connectivity index (χ2v) is 4.15. The van der Waals surface area contributed by atoms with Gasteiger partial charge >= 0.3 is 0 Å². The van der Waals surface area contributed by atoms with Gasteiger partial charge in [0, 0.05) is 19.3 Å². The number of hydrogen-bond acceptors (Lipinski definition) is 3. The smallest absolute Gasteiger partial charge is 0.147 e. The Balaban J connectivity index is 3.03. The Morgan fingerprint density at radius 2 is 1.93 bits per heavy atom. The minimum Gasteiger partial charge on any atom is -0.300 e. The van der Waals surface area contributed by atoms with Crippen molar-refractivity contribution in [3.63, 3.8) is 0 Å². The molecule has 0 bridgehead atoms. The SMILES string of the molecule is C=CCC1(CC(C)=O)C(=O)CCCC1=O. The molecule has 0 heterocycles. The summed E-state index contributed by atoms with van der Waals surface area (Å²) in [6, 6.07) is 0. The van der Waals surface area contributed by atoms with Crippen molar-refractivity contribution in [1.82, 2.24) is 0 Å². The predicted molar refractivity (Wildman–Crippen MR) is 56.4 cm³/mol. The van der Waals surface area contributed by atoms with E-state index in [1.54, 1.807) is 6.08 Å². The van der Waals surface area contributed by atoms with Gasteiger partial charge in [0.15, 0.2) is 0 Å². The molecule has 0 aromatic carbocycles. The maximum atomic E-state index is 11.8. The summed E-state index contributed by atoms with van der Waals surface area (Å²) in [6.07, 6.45) is 3.33. The van der Waals surface area contributed by atoms with Crippen molar-refractivity contribution in [3.05, 3.63) is 12.7 Å². The molecule has 0 aliphatic heterocycles. The molecule has 1 fully saturated rings. The van der Waals surface area contributed by atoms with Crippen LogP contribution in [0.15, 0.2) is 12.7 Å². The number of carbonyl (C=O) groups is 3. The third kappa shape index (κ3) is 2.22. The van der Waals surface area contributed by atoms with Crippen LogP contribution in [-0.2, 0) is 14.4 Å². The molecule has 82 valence electrons. The van der Waals surface area contributed by atoms with Gasteiger partial charge in [-0.3, -0.25) is 14.4 Å². The lowest BCUT2D eigenvalue weighted by molar-refractivity contribution is -0.147. The van der Waals surface area contributed by atoms with Gasteiger partial charge in [-0.05, 0) is 19.8 Å². The molecule has 0 aromatic heterocycles. The third-order valence-electron chi connectivity index (χ3n) is 2.92. The maximum absolute atomic E-state index is 11.8. The van der Waals surface area contributed by atoms with E-state index in [9.17, 15) is 14.4 Å². The molecule has 0 aromatic rings. The minimum atomic E-state index is -1.08. The molecule has 0 saturated heterocycles. The van der Waals surface area contributed by atoms with Crippen LogP contribution < -0.4 is 0 Å². The van der Waals surface area contributed by atoms with E-state index < -0.39 is 5.41 Å². The summed E-state index contributed by atoms with van der Waals surface area (Å²) >= 11 is 0. The Labute approximate surface area is 89.5 Å². The zero-order chi connectivity index (χ0) is 11.5. The Morgan fingerprint density at radius 1 is 1.40 bits per heavy atom. The summed E-state index contributed by atoms with van der Waals surface area (Å²) < 4.78 is 0. The fraction of sp³-hybridized carbons (Fsp3) is 0.583. The van der Waals surface area contributed by atoms with E-state index >= 15 is 0 Å². The average molecular weight is 208 g/mol. The summed E-state index contributed by atoms with van der Waals surface area (Å²) in [5, 5.41) is 0. The summed E-state index contributed by atoms with van der Waals surface area (Å²) in [7, 11) is 0. The predicted octanol–water partition coefficient (Wildman–Crippen LogP) is 1.85. The molecule has 1 aliphatic rings. The number of carbonyl (C=O) groups excluding carboxylic acids is 3. The Kier molecular flexibility index (Phi) is 3.56. The minimum absolute atomic E-state index is 0.0384. The largest absolute Gasteiger partial charge is 0.300 e. The molecular weight excluding hydrogens is 192 g/mol. The standard InChI is InChI=1S/C12H16O3/c1-3-7-12(8-9(2)13)10(14)5-4-6-11(12)15/h3H,1,4-8H2,2H3. The lowest BCUT2D eigenvalue weighted by Crippen LogP contribution is -2.43. The quantitative estimate of drug-likeness (QED) is 0.523. The first-order valence-electron chi connectivity index (χ1n) is 5.20. The lowest BCUT2D eigenvalue weighted by atomic mass is 9.67. The highest BCUT2D eigenvalue weighted by molar-refractivity contribution is 6.11. The Bertz CT molecular complexity index is 299. The summed E-state index contributed by atoms with van der Waals surface area (Å²) in [5.74, 6) is -0.289. The van der Waals surface area contributed by atoms with Crippen molar-refractivity contribution in [1.29, 1.82) is 0 Å². The van der Waals surface area contributed by atoms with Crippen LogP contribution in [0.25, 0.3) is 0 Å². The molecule has 3 heteroatoms. The summed E-state index contributed by atoms with van der Waals surface area (Å²) in [6.45, 7) is 4.98. The third-order valence-corrected chi connectivity index (χ3v) is 2.92. The van der Waals surface area contributed by atoms with Crippen LogP contribution in [0.2, 0.25) is 0 Å². The van der Waals surface area contributed by atoms with Gasteiger partial charge in [0.1, 0.15) is 17.3 Å². The maximum Gasteiger partial charge on any atom is 0.147 e. The number of ketones is 3. The van der Waals surface area contributed by atoms with Crippen molar-refractivity contribution in [3.8, 4) is 0 Å². The van der Waals surface area contributed by atoms with E-state index in [1.807, 2.05) is 0 Å². The highest BCUT2D eigenvalue weighted by atomic mass is 16.2. The van der Waals surface area contributed by atoms with Gasteiger partial charge in [-0.2, -0.15) is 0 Å². The van der Waals surface area contributed by atoms with Gasteiger partial charge in [0.2, 0.25) is 0 Å². The molecule has 0 N–H and O–H groups in total. The molecule has 1 aliphatic carbocycles. The van der Waals surface area contributed by atoms with Crippen LogP contribution >= 0.6 is 0 Å². The van der Waals surface area contributed by atoms with Gasteiger partial charge in [-0.15, -0.1) is 6.58 Å². The van der Waals surface area contributed by atoms with Crippen molar-refractivity contribution >= 4 is 17.3 Å². The van der Waals surface area contributed by atoms with E-state index in [0.717, 1.165) is 0 Å². The number of Topliss-reactive ketones (excluding diaryl/α,β-unsaturated/α-hetero) is 3. The number of rotatable bonds is 4. The van der Waals surface area contributed by atoms with Gasteiger partial charge in [-0.25, -0.2) is 0 Å². The monoisotopic (exact) mass is 208 g/mol.